The number of benzene rings is 17. The molecule has 640 valence electrons. The van der Waals surface area contributed by atoms with Gasteiger partial charge in [0.1, 0.15) is 80.4 Å². The van der Waals surface area contributed by atoms with Gasteiger partial charge in [0.15, 0.2) is 0 Å². The number of epoxide rings is 4. The molecule has 6 atom stereocenters. The average Bonchev–Trinajstić information content (AvgIpc) is 1.64. The highest BCUT2D eigenvalue weighted by Gasteiger charge is 2.50. The Kier molecular flexibility index (Phi) is 18.6. The molecule has 4 fully saturated rings. The molecule has 8 heterocycles. The first-order chi connectivity index (χ1) is 64.9. The first-order valence-corrected chi connectivity index (χ1v) is 44.2. The molecule has 6 aliphatic rings. The summed E-state index contributed by atoms with van der Waals surface area (Å²) in [6.45, 7) is 2.11. The molecule has 0 aliphatic carbocycles. The van der Waals surface area contributed by atoms with Gasteiger partial charge in [0.2, 0.25) is 0 Å². The van der Waals surface area contributed by atoms with Crippen molar-refractivity contribution in [2.45, 2.75) is 36.5 Å². The number of carbonyl (C=O) groups is 6. The van der Waals surface area contributed by atoms with Crippen LogP contribution in [-0.4, -0.2) is 132 Å². The molecule has 6 amide bonds. The van der Waals surface area contributed by atoms with Crippen LogP contribution in [0.25, 0.3) is 131 Å². The summed E-state index contributed by atoms with van der Waals surface area (Å²) >= 11 is 0. The summed E-state index contributed by atoms with van der Waals surface area (Å²) in [7, 11) is 0. The van der Waals surface area contributed by atoms with E-state index in [-0.39, 0.29) is 150 Å². The zero-order chi connectivity index (χ0) is 88.1. The molecule has 2 aromatic heterocycles. The Bertz CT molecular complexity index is 7160. The maximum Gasteiger partial charge on any atom is 0.262 e. The van der Waals surface area contributed by atoms with Crippen LogP contribution in [0.1, 0.15) is 64.6 Å². The van der Waals surface area contributed by atoms with Crippen molar-refractivity contribution in [3.63, 3.8) is 0 Å². The Hall–Kier alpha value is -16.1. The first kappa shape index (κ1) is 78.2. The molecule has 0 spiro atoms. The molecule has 0 bridgehead atoms. The van der Waals surface area contributed by atoms with Crippen molar-refractivity contribution in [3.8, 4) is 90.5 Å². The quantitative estimate of drug-likeness (QED) is 0.0212. The van der Waals surface area contributed by atoms with Crippen LogP contribution in [0.5, 0.6) is 46.0 Å². The number of para-hydroxylation sites is 2. The van der Waals surface area contributed by atoms with E-state index in [1.807, 2.05) is 279 Å². The highest BCUT2D eigenvalue weighted by atomic mass is 16.6. The lowest BCUT2D eigenvalue weighted by molar-refractivity contribution is -0.137. The topological polar surface area (TPSA) is 229 Å². The number of fused-ring (bicyclic) bond motifs is 8. The number of furan rings is 2. The lowest BCUT2D eigenvalue weighted by atomic mass is 9.80. The number of imide groups is 2. The van der Waals surface area contributed by atoms with Gasteiger partial charge >= 0.3 is 0 Å². The van der Waals surface area contributed by atoms with Crippen molar-refractivity contribution in [1.29, 1.82) is 0 Å². The lowest BCUT2D eigenvalue weighted by Crippen LogP contribution is -2.51. The Balaban J connectivity index is 0.791. The second-order valence-corrected chi connectivity index (χ2v) is 34.4. The van der Waals surface area contributed by atoms with Crippen LogP contribution < -0.4 is 18.9 Å². The van der Waals surface area contributed by atoms with E-state index in [9.17, 15) is 0 Å². The Morgan fingerprint density at radius 2 is 0.515 bits per heavy atom. The number of rotatable bonds is 26. The third-order valence-corrected chi connectivity index (χ3v) is 26.1. The third kappa shape index (κ3) is 13.8. The molecule has 0 saturated carbocycles. The predicted octanol–water partition coefficient (Wildman–Crippen LogP) is 23.3. The van der Waals surface area contributed by atoms with Gasteiger partial charge in [-0.2, -0.15) is 0 Å². The summed E-state index contributed by atoms with van der Waals surface area (Å²) < 4.78 is 67.0. The highest BCUT2D eigenvalue weighted by Crippen LogP contribution is 2.59. The minimum absolute atomic E-state index is 0.0323. The SMILES string of the molecule is O=C(C(c1ccc2c(c1)oc1ccccc12)N1C(=O)c2cc(Oc3ccc(-c4ccccc4)cc3)c3c4c(Oc5ccc(-c6ccccc6)cc5)cc5c6c(cc(Oc7ccc(-c8ccccc8)cc7)c(c7c(Oc8ccc(-c9ccccc9)cc8)cc(c2c37)C1=O)c64)C(=O)N(C(C(=O)N(CC1CO1)CC1CO1)c1ccc2c(c1)oc1ccccc12)C5=O)N(CC1CO1)CC1CO1. The second kappa shape index (κ2) is 31.4. The molecular formula is C112H76N4O16. The van der Waals surface area contributed by atoms with Gasteiger partial charge in [-0.05, 0) is 153 Å². The van der Waals surface area contributed by atoms with Crippen LogP contribution in [0.2, 0.25) is 0 Å². The van der Waals surface area contributed by atoms with Gasteiger partial charge in [-0.3, -0.25) is 38.6 Å². The van der Waals surface area contributed by atoms with Gasteiger partial charge in [-0.1, -0.05) is 231 Å². The molecule has 0 radical (unpaired) electrons. The molecule has 6 unspecified atom stereocenters. The Morgan fingerprint density at radius 3 is 0.780 bits per heavy atom. The molecule has 17 aromatic carbocycles. The maximum atomic E-state index is 17.5. The number of hydrogen-bond acceptors (Lipinski definition) is 16. The molecule has 19 aromatic rings. The summed E-state index contributed by atoms with van der Waals surface area (Å²) in [6.07, 6.45) is -1.30. The lowest BCUT2D eigenvalue weighted by Gasteiger charge is -2.37. The summed E-state index contributed by atoms with van der Waals surface area (Å²) in [5.74, 6) is -3.25. The smallest absolute Gasteiger partial charge is 0.262 e. The molecular weight excluding hydrogens is 1660 g/mol. The Morgan fingerprint density at radius 1 is 0.273 bits per heavy atom. The zero-order valence-electron chi connectivity index (χ0n) is 70.6. The van der Waals surface area contributed by atoms with Crippen molar-refractivity contribution in [1.82, 2.24) is 19.6 Å². The monoisotopic (exact) mass is 1730 g/mol. The van der Waals surface area contributed by atoms with Crippen LogP contribution in [0, 0.1) is 0 Å². The first-order valence-electron chi connectivity index (χ1n) is 44.2. The van der Waals surface area contributed by atoms with E-state index in [2.05, 4.69) is 0 Å². The number of amides is 6. The van der Waals surface area contributed by atoms with Crippen molar-refractivity contribution in [2.24, 2.45) is 0 Å². The fourth-order valence-corrected chi connectivity index (χ4v) is 19.4. The normalized spacial score (nSPS) is 17.0. The molecule has 132 heavy (non-hydrogen) atoms. The molecule has 4 saturated heterocycles. The molecule has 25 rings (SSSR count). The predicted molar refractivity (Wildman–Crippen MR) is 502 cm³/mol. The van der Waals surface area contributed by atoms with E-state index < -0.39 is 47.5 Å². The van der Waals surface area contributed by atoms with Crippen molar-refractivity contribution in [2.75, 3.05) is 52.6 Å². The highest BCUT2D eigenvalue weighted by molar-refractivity contribution is 6.45. The fourth-order valence-electron chi connectivity index (χ4n) is 19.4. The van der Waals surface area contributed by atoms with Gasteiger partial charge in [0, 0.05) is 90.8 Å². The molecule has 20 nitrogen and oxygen atoms in total. The number of nitrogens with zero attached hydrogens (tertiary/aromatic N) is 4. The van der Waals surface area contributed by atoms with E-state index in [4.69, 9.17) is 46.7 Å². The van der Waals surface area contributed by atoms with Gasteiger partial charge < -0.3 is 56.5 Å². The van der Waals surface area contributed by atoms with Crippen LogP contribution in [0.3, 0.4) is 0 Å². The maximum absolute atomic E-state index is 17.5. The minimum atomic E-state index is -1.67. The number of ether oxygens (including phenoxy) is 8. The molecule has 6 aliphatic heterocycles. The Labute approximate surface area is 753 Å². The van der Waals surface area contributed by atoms with Gasteiger partial charge in [0.05, 0.1) is 73.1 Å². The molecule has 0 N–H and O–H groups in total. The zero-order valence-corrected chi connectivity index (χ0v) is 70.6. The number of hydrogen-bond donors (Lipinski definition) is 0. The van der Waals surface area contributed by atoms with E-state index >= 15 is 28.8 Å². The third-order valence-electron chi connectivity index (χ3n) is 26.1. The van der Waals surface area contributed by atoms with Crippen molar-refractivity contribution < 1.29 is 75.5 Å². The van der Waals surface area contributed by atoms with E-state index in [1.165, 1.54) is 0 Å². The van der Waals surface area contributed by atoms with Crippen molar-refractivity contribution >= 4 is 122 Å². The van der Waals surface area contributed by atoms with Crippen LogP contribution in [0.4, 0.5) is 0 Å². The van der Waals surface area contributed by atoms with Gasteiger partial charge in [-0.25, -0.2) is 0 Å². The van der Waals surface area contributed by atoms with Crippen molar-refractivity contribution in [3.05, 3.63) is 361 Å². The summed E-state index contributed by atoms with van der Waals surface area (Å²) in [6, 6.07) is 98.7. The molecule has 20 heteroatoms. The fraction of sp³-hybridized carbons (Fsp3) is 0.125. The summed E-state index contributed by atoms with van der Waals surface area (Å²) in [5, 5.41) is 4.81. The van der Waals surface area contributed by atoms with E-state index in [0.29, 0.717) is 71.8 Å². The minimum Gasteiger partial charge on any atom is -0.457 e. The van der Waals surface area contributed by atoms with Crippen LogP contribution in [-0.2, 0) is 28.5 Å². The van der Waals surface area contributed by atoms with Crippen LogP contribution in [0.15, 0.2) is 336 Å². The average molecular weight is 1730 g/mol. The summed E-state index contributed by atoms with van der Waals surface area (Å²) in [5.41, 5.74) is 9.58. The van der Waals surface area contributed by atoms with Crippen LogP contribution >= 0.6 is 0 Å². The second-order valence-electron chi connectivity index (χ2n) is 34.4. The van der Waals surface area contributed by atoms with E-state index in [1.54, 1.807) is 58.3 Å². The summed E-state index contributed by atoms with van der Waals surface area (Å²) in [4.78, 5) is 109. The largest absolute Gasteiger partial charge is 0.457 e. The van der Waals surface area contributed by atoms with E-state index in [0.717, 1.165) is 75.9 Å². The van der Waals surface area contributed by atoms with Gasteiger partial charge in [-0.15, -0.1) is 0 Å². The standard InChI is InChI=1S/C112H76N4O16/c117-107-85-51-93(127-73-39-29-67(30-40-73)63-17-5-1-6-18-63)99-100-94(128-74-41-31-68(32-42-74)64-19-7-2-8-20-64)52-87-98-88(110(120)116(109(87)119)106(112(122)114(57-79-61-125-79)58-80-62-126-80)72-38-48-84-82-26-14-16-28-90(82)132-92(84)50-72)54-96(130-76-45-35-70(36-46-76)66-23-11-4-12-24-66)102(104(98)100)101-95(129-75-43-33-69(34-44-75)65-21-9-3-10-22-65)53-86(97(85)103(99)101)108(118)115(107)105(111(121)113(55-77-59-123-77)56-78-60-124-78)71-37-47-83-81-25-13-15-27-89(81)131-91(83)49-71/h1-54,77-80,105-106H,55-62H2. The van der Waals surface area contributed by atoms with Gasteiger partial charge in [0.25, 0.3) is 35.4 Å². The number of carbonyl (C=O) groups excluding carboxylic acids is 6.